The fraction of sp³-hybridized carbons (Fsp3) is 0.583. The highest BCUT2D eigenvalue weighted by atomic mass is 16.1. The Hall–Kier alpha value is -1.49. The van der Waals surface area contributed by atoms with E-state index >= 15 is 0 Å². The fourth-order valence-electron chi connectivity index (χ4n) is 1.56. The van der Waals surface area contributed by atoms with Gasteiger partial charge in [-0.15, -0.1) is 0 Å². The van der Waals surface area contributed by atoms with E-state index in [1.165, 1.54) is 0 Å². The summed E-state index contributed by atoms with van der Waals surface area (Å²) in [6.07, 6.45) is 2.18. The standard InChI is InChI=1S/C12H20N4O/c1-4-13-9(2)7-12(17)15-8-11-5-6-14-10(3)16-11/h5-6,9,13H,4,7-8H2,1-3H3,(H,15,17). The second-order valence-electron chi connectivity index (χ2n) is 4.03. The largest absolute Gasteiger partial charge is 0.350 e. The molecule has 0 aliphatic carbocycles. The molecule has 0 fully saturated rings. The fourth-order valence-corrected chi connectivity index (χ4v) is 1.56. The molecule has 0 saturated carbocycles. The van der Waals surface area contributed by atoms with E-state index < -0.39 is 0 Å². The Bertz CT molecular complexity index is 367. The maximum Gasteiger partial charge on any atom is 0.221 e. The van der Waals surface area contributed by atoms with E-state index in [4.69, 9.17) is 0 Å². The van der Waals surface area contributed by atoms with Crippen LogP contribution < -0.4 is 10.6 Å². The molecule has 5 heteroatoms. The third-order valence-electron chi connectivity index (χ3n) is 2.34. The highest BCUT2D eigenvalue weighted by Crippen LogP contribution is 1.95. The Labute approximate surface area is 102 Å². The lowest BCUT2D eigenvalue weighted by atomic mass is 10.2. The number of rotatable bonds is 6. The molecule has 5 nitrogen and oxygen atoms in total. The summed E-state index contributed by atoms with van der Waals surface area (Å²) < 4.78 is 0. The van der Waals surface area contributed by atoms with Crippen molar-refractivity contribution in [3.8, 4) is 0 Å². The van der Waals surface area contributed by atoms with Crippen LogP contribution in [0.5, 0.6) is 0 Å². The molecule has 0 spiro atoms. The van der Waals surface area contributed by atoms with Crippen LogP contribution in [0.2, 0.25) is 0 Å². The molecular formula is C12H20N4O. The van der Waals surface area contributed by atoms with Gasteiger partial charge in [0.15, 0.2) is 0 Å². The first-order chi connectivity index (χ1) is 8.11. The zero-order valence-electron chi connectivity index (χ0n) is 10.7. The summed E-state index contributed by atoms with van der Waals surface area (Å²) in [6, 6.07) is 2.01. The molecule has 2 N–H and O–H groups in total. The molecule has 1 unspecified atom stereocenters. The first-order valence-corrected chi connectivity index (χ1v) is 5.90. The Morgan fingerprint density at radius 1 is 1.53 bits per heavy atom. The molecular weight excluding hydrogens is 216 g/mol. The highest BCUT2D eigenvalue weighted by Gasteiger charge is 2.07. The van der Waals surface area contributed by atoms with Gasteiger partial charge in [-0.2, -0.15) is 0 Å². The third kappa shape index (κ3) is 5.40. The molecule has 0 bridgehead atoms. The van der Waals surface area contributed by atoms with Crippen molar-refractivity contribution < 1.29 is 4.79 Å². The van der Waals surface area contributed by atoms with E-state index in [1.807, 2.05) is 20.8 Å². The molecule has 0 saturated heterocycles. The van der Waals surface area contributed by atoms with E-state index in [-0.39, 0.29) is 11.9 Å². The summed E-state index contributed by atoms with van der Waals surface area (Å²) in [5, 5.41) is 6.04. The molecule has 0 aromatic carbocycles. The number of hydrogen-bond donors (Lipinski definition) is 2. The number of aromatic nitrogens is 2. The van der Waals surface area contributed by atoms with Crippen LogP contribution >= 0.6 is 0 Å². The van der Waals surface area contributed by atoms with Crippen molar-refractivity contribution in [3.63, 3.8) is 0 Å². The molecule has 1 aromatic heterocycles. The lowest BCUT2D eigenvalue weighted by Gasteiger charge is -2.11. The predicted molar refractivity (Wildman–Crippen MR) is 66.4 cm³/mol. The zero-order chi connectivity index (χ0) is 12.7. The molecule has 1 heterocycles. The zero-order valence-corrected chi connectivity index (χ0v) is 10.7. The van der Waals surface area contributed by atoms with Gasteiger partial charge in [-0.3, -0.25) is 4.79 Å². The van der Waals surface area contributed by atoms with Crippen molar-refractivity contribution in [2.24, 2.45) is 0 Å². The van der Waals surface area contributed by atoms with Crippen molar-refractivity contribution >= 4 is 5.91 Å². The predicted octanol–water partition coefficient (Wildman–Crippen LogP) is 0.789. The Kier molecular flexibility index (Phi) is 5.56. The molecule has 94 valence electrons. The normalized spacial score (nSPS) is 12.2. The number of nitrogens with zero attached hydrogens (tertiary/aromatic N) is 2. The Morgan fingerprint density at radius 2 is 2.29 bits per heavy atom. The summed E-state index contributed by atoms with van der Waals surface area (Å²) in [4.78, 5) is 19.8. The van der Waals surface area contributed by atoms with Gasteiger partial charge in [-0.1, -0.05) is 6.92 Å². The molecule has 1 aromatic rings. The number of nitrogens with one attached hydrogen (secondary N) is 2. The molecule has 0 aliphatic heterocycles. The quantitative estimate of drug-likeness (QED) is 0.766. The van der Waals surface area contributed by atoms with Crippen molar-refractivity contribution in [1.82, 2.24) is 20.6 Å². The number of carbonyl (C=O) groups excluding carboxylic acids is 1. The molecule has 1 rings (SSSR count). The van der Waals surface area contributed by atoms with Gasteiger partial charge in [-0.25, -0.2) is 9.97 Å². The van der Waals surface area contributed by atoms with Crippen molar-refractivity contribution in [2.75, 3.05) is 6.54 Å². The smallest absolute Gasteiger partial charge is 0.221 e. The topological polar surface area (TPSA) is 66.9 Å². The maximum atomic E-state index is 11.6. The van der Waals surface area contributed by atoms with Gasteiger partial charge in [-0.05, 0) is 26.5 Å². The van der Waals surface area contributed by atoms with Gasteiger partial charge in [0, 0.05) is 18.7 Å². The minimum absolute atomic E-state index is 0.0368. The molecule has 0 aliphatic rings. The van der Waals surface area contributed by atoms with Gasteiger partial charge in [0.25, 0.3) is 0 Å². The second kappa shape index (κ2) is 6.96. The van der Waals surface area contributed by atoms with Gasteiger partial charge in [0.1, 0.15) is 5.82 Å². The van der Waals surface area contributed by atoms with Crippen LogP contribution in [0, 0.1) is 6.92 Å². The van der Waals surface area contributed by atoms with Crippen molar-refractivity contribution in [3.05, 3.63) is 23.8 Å². The minimum Gasteiger partial charge on any atom is -0.350 e. The Morgan fingerprint density at radius 3 is 2.94 bits per heavy atom. The first kappa shape index (κ1) is 13.6. The maximum absolute atomic E-state index is 11.6. The summed E-state index contributed by atoms with van der Waals surface area (Å²) in [5.41, 5.74) is 0.835. The first-order valence-electron chi connectivity index (χ1n) is 5.90. The summed E-state index contributed by atoms with van der Waals surface area (Å²) in [6.45, 7) is 7.19. The summed E-state index contributed by atoms with van der Waals surface area (Å²) in [7, 11) is 0. The SMILES string of the molecule is CCNC(C)CC(=O)NCc1ccnc(C)n1. The van der Waals surface area contributed by atoms with E-state index in [0.29, 0.717) is 13.0 Å². The van der Waals surface area contributed by atoms with E-state index in [2.05, 4.69) is 20.6 Å². The number of carbonyl (C=O) groups is 1. The van der Waals surface area contributed by atoms with E-state index in [0.717, 1.165) is 18.1 Å². The van der Waals surface area contributed by atoms with Crippen molar-refractivity contribution in [1.29, 1.82) is 0 Å². The number of hydrogen-bond acceptors (Lipinski definition) is 4. The molecule has 1 atom stereocenters. The highest BCUT2D eigenvalue weighted by molar-refractivity contribution is 5.76. The van der Waals surface area contributed by atoms with Crippen LogP contribution in [-0.2, 0) is 11.3 Å². The Balaban J connectivity index is 2.33. The number of amides is 1. The van der Waals surface area contributed by atoms with Crippen molar-refractivity contribution in [2.45, 2.75) is 39.8 Å². The minimum atomic E-state index is 0.0368. The van der Waals surface area contributed by atoms with Crippen LogP contribution in [-0.4, -0.2) is 28.5 Å². The molecule has 17 heavy (non-hydrogen) atoms. The third-order valence-corrected chi connectivity index (χ3v) is 2.34. The van der Waals surface area contributed by atoms with Gasteiger partial charge < -0.3 is 10.6 Å². The van der Waals surface area contributed by atoms with Crippen LogP contribution in [0.4, 0.5) is 0 Å². The van der Waals surface area contributed by atoms with Crippen LogP contribution in [0.1, 0.15) is 31.8 Å². The second-order valence-corrected chi connectivity index (χ2v) is 4.03. The molecule has 1 amide bonds. The van der Waals surface area contributed by atoms with Gasteiger partial charge >= 0.3 is 0 Å². The summed E-state index contributed by atoms with van der Waals surface area (Å²) in [5.74, 6) is 0.757. The lowest BCUT2D eigenvalue weighted by Crippen LogP contribution is -2.33. The van der Waals surface area contributed by atoms with Crippen LogP contribution in [0.25, 0.3) is 0 Å². The molecule has 0 radical (unpaired) electrons. The van der Waals surface area contributed by atoms with Gasteiger partial charge in [0.05, 0.1) is 12.2 Å². The van der Waals surface area contributed by atoms with E-state index in [9.17, 15) is 4.79 Å². The summed E-state index contributed by atoms with van der Waals surface area (Å²) >= 11 is 0. The van der Waals surface area contributed by atoms with Crippen LogP contribution in [0.3, 0.4) is 0 Å². The monoisotopic (exact) mass is 236 g/mol. The number of aryl methyl sites for hydroxylation is 1. The van der Waals surface area contributed by atoms with E-state index in [1.54, 1.807) is 12.3 Å². The average Bonchev–Trinajstić information content (AvgIpc) is 2.27. The van der Waals surface area contributed by atoms with Crippen LogP contribution in [0.15, 0.2) is 12.3 Å². The lowest BCUT2D eigenvalue weighted by molar-refractivity contribution is -0.121. The average molecular weight is 236 g/mol. The van der Waals surface area contributed by atoms with Gasteiger partial charge in [0.2, 0.25) is 5.91 Å².